The molecule has 0 radical (unpaired) electrons. The maximum Gasteiger partial charge on any atom is 0.244 e. The first-order valence-corrected chi connectivity index (χ1v) is 14.4. The standard InChI is InChI=1S/C25H34IN3O4S/c1-5-7-15-27-25(31)23(6-2)28(17-20-10-8-9-19(3)16-20)24(30)18-29(34(4,32)33)22-13-11-21(26)12-14-22/h8-14,16,23H,5-7,15,17-18H2,1-4H3,(H,27,31)/t23-/m1/s1. The molecule has 2 rings (SSSR count). The van der Waals surface area contributed by atoms with Gasteiger partial charge in [-0.25, -0.2) is 8.42 Å². The molecule has 0 aliphatic heterocycles. The van der Waals surface area contributed by atoms with Gasteiger partial charge < -0.3 is 10.2 Å². The second-order valence-electron chi connectivity index (χ2n) is 8.33. The van der Waals surface area contributed by atoms with E-state index in [1.807, 2.05) is 45.0 Å². The topological polar surface area (TPSA) is 86.8 Å². The van der Waals surface area contributed by atoms with E-state index >= 15 is 0 Å². The molecule has 0 fully saturated rings. The Bertz CT molecular complexity index is 1070. The predicted octanol–water partition coefficient (Wildman–Crippen LogP) is 4.09. The number of nitrogens with zero attached hydrogens (tertiary/aromatic N) is 2. The van der Waals surface area contributed by atoms with Crippen LogP contribution in [0.15, 0.2) is 48.5 Å². The molecule has 0 spiro atoms. The molecule has 7 nitrogen and oxygen atoms in total. The largest absolute Gasteiger partial charge is 0.354 e. The Hall–Kier alpha value is -2.14. The molecule has 2 aromatic carbocycles. The molecular weight excluding hydrogens is 565 g/mol. The molecule has 0 saturated carbocycles. The number of carbonyl (C=O) groups is 2. The number of aryl methyl sites for hydroxylation is 1. The van der Waals surface area contributed by atoms with Crippen LogP contribution in [0.1, 0.15) is 44.2 Å². The Labute approximate surface area is 217 Å². The van der Waals surface area contributed by atoms with Crippen LogP contribution in [0, 0.1) is 10.5 Å². The molecule has 0 unspecified atom stereocenters. The average Bonchev–Trinajstić information content (AvgIpc) is 2.77. The monoisotopic (exact) mass is 599 g/mol. The number of benzene rings is 2. The van der Waals surface area contributed by atoms with Gasteiger partial charge in [-0.1, -0.05) is 50.1 Å². The van der Waals surface area contributed by atoms with Gasteiger partial charge in [0.2, 0.25) is 21.8 Å². The zero-order valence-electron chi connectivity index (χ0n) is 20.3. The van der Waals surface area contributed by atoms with Crippen molar-refractivity contribution in [1.82, 2.24) is 10.2 Å². The average molecular weight is 600 g/mol. The van der Waals surface area contributed by atoms with Gasteiger partial charge in [0.05, 0.1) is 11.9 Å². The fourth-order valence-corrected chi connectivity index (χ4v) is 4.86. The third-order valence-electron chi connectivity index (χ3n) is 5.44. The number of halogens is 1. The minimum Gasteiger partial charge on any atom is -0.354 e. The molecule has 0 aliphatic rings. The molecule has 1 N–H and O–H groups in total. The number of carbonyl (C=O) groups excluding carboxylic acids is 2. The number of sulfonamides is 1. The van der Waals surface area contributed by atoms with Gasteiger partial charge in [0, 0.05) is 16.7 Å². The zero-order valence-corrected chi connectivity index (χ0v) is 23.2. The molecule has 186 valence electrons. The number of anilines is 1. The quantitative estimate of drug-likeness (QED) is 0.294. The van der Waals surface area contributed by atoms with Crippen molar-refractivity contribution in [2.75, 3.05) is 23.7 Å². The lowest BCUT2D eigenvalue weighted by atomic mass is 10.1. The van der Waals surface area contributed by atoms with Gasteiger partial charge in [0.1, 0.15) is 12.6 Å². The van der Waals surface area contributed by atoms with Crippen molar-refractivity contribution < 1.29 is 18.0 Å². The highest BCUT2D eigenvalue weighted by Gasteiger charge is 2.31. The highest BCUT2D eigenvalue weighted by atomic mass is 127. The molecular formula is C25H34IN3O4S. The lowest BCUT2D eigenvalue weighted by Gasteiger charge is -2.33. The fraction of sp³-hybridized carbons (Fsp3) is 0.440. The van der Waals surface area contributed by atoms with Crippen molar-refractivity contribution in [2.24, 2.45) is 0 Å². The van der Waals surface area contributed by atoms with Crippen molar-refractivity contribution in [3.05, 3.63) is 63.2 Å². The van der Waals surface area contributed by atoms with Crippen LogP contribution >= 0.6 is 22.6 Å². The normalized spacial score (nSPS) is 12.1. The number of nitrogens with one attached hydrogen (secondary N) is 1. The SMILES string of the molecule is CCCCNC(=O)[C@@H](CC)N(Cc1cccc(C)c1)C(=O)CN(c1ccc(I)cc1)S(C)(=O)=O. The third-order valence-corrected chi connectivity index (χ3v) is 7.30. The lowest BCUT2D eigenvalue weighted by Crippen LogP contribution is -2.52. The molecule has 1 atom stereocenters. The van der Waals surface area contributed by atoms with E-state index in [0.717, 1.165) is 38.1 Å². The first-order valence-electron chi connectivity index (χ1n) is 11.4. The maximum absolute atomic E-state index is 13.6. The van der Waals surface area contributed by atoms with Crippen molar-refractivity contribution >= 4 is 50.1 Å². The first kappa shape index (κ1) is 28.1. The summed E-state index contributed by atoms with van der Waals surface area (Å²) in [6, 6.07) is 14.0. The number of hydrogen-bond acceptors (Lipinski definition) is 4. The minimum atomic E-state index is -3.73. The van der Waals surface area contributed by atoms with Crippen molar-refractivity contribution in [2.45, 2.75) is 52.6 Å². The maximum atomic E-state index is 13.6. The Morgan fingerprint density at radius 3 is 2.32 bits per heavy atom. The van der Waals surface area contributed by atoms with Crippen LogP contribution in [0.25, 0.3) is 0 Å². The van der Waals surface area contributed by atoms with Crippen molar-refractivity contribution in [3.8, 4) is 0 Å². The van der Waals surface area contributed by atoms with E-state index in [-0.39, 0.29) is 19.0 Å². The molecule has 0 aromatic heterocycles. The Morgan fingerprint density at radius 2 is 1.76 bits per heavy atom. The fourth-order valence-electron chi connectivity index (χ4n) is 3.65. The van der Waals surface area contributed by atoms with E-state index in [0.29, 0.717) is 18.7 Å². The molecule has 2 amide bonds. The van der Waals surface area contributed by atoms with Crippen LogP contribution in [0.3, 0.4) is 0 Å². The summed E-state index contributed by atoms with van der Waals surface area (Å²) in [7, 11) is -3.73. The van der Waals surface area contributed by atoms with Crippen LogP contribution in [-0.4, -0.2) is 50.5 Å². The summed E-state index contributed by atoms with van der Waals surface area (Å²) in [5.74, 6) is -0.653. The number of amides is 2. The van der Waals surface area contributed by atoms with E-state index < -0.39 is 22.0 Å². The number of rotatable bonds is 12. The summed E-state index contributed by atoms with van der Waals surface area (Å²) in [6.45, 7) is 6.23. The molecule has 2 aromatic rings. The third kappa shape index (κ3) is 8.26. The van der Waals surface area contributed by atoms with Crippen molar-refractivity contribution in [3.63, 3.8) is 0 Å². The summed E-state index contributed by atoms with van der Waals surface area (Å²) < 4.78 is 27.2. The van der Waals surface area contributed by atoms with Gasteiger partial charge in [0.15, 0.2) is 0 Å². The summed E-state index contributed by atoms with van der Waals surface area (Å²) >= 11 is 2.14. The van der Waals surface area contributed by atoms with Gasteiger partial charge in [-0.15, -0.1) is 0 Å². The zero-order chi connectivity index (χ0) is 25.3. The Morgan fingerprint density at radius 1 is 1.09 bits per heavy atom. The van der Waals surface area contributed by atoms with Crippen LogP contribution in [0.5, 0.6) is 0 Å². The van der Waals surface area contributed by atoms with Gasteiger partial charge in [-0.2, -0.15) is 0 Å². The first-order chi connectivity index (χ1) is 16.1. The van der Waals surface area contributed by atoms with Crippen LogP contribution in [0.4, 0.5) is 5.69 Å². The number of hydrogen-bond donors (Lipinski definition) is 1. The molecule has 0 saturated heterocycles. The molecule has 9 heteroatoms. The van der Waals surface area contributed by atoms with Crippen LogP contribution < -0.4 is 9.62 Å². The van der Waals surface area contributed by atoms with E-state index in [4.69, 9.17) is 0 Å². The minimum absolute atomic E-state index is 0.213. The van der Waals surface area contributed by atoms with E-state index in [9.17, 15) is 18.0 Å². The van der Waals surface area contributed by atoms with Gasteiger partial charge in [-0.05, 0) is 72.2 Å². The highest BCUT2D eigenvalue weighted by Crippen LogP contribution is 2.21. The summed E-state index contributed by atoms with van der Waals surface area (Å²) in [4.78, 5) is 28.1. The second-order valence-corrected chi connectivity index (χ2v) is 11.5. The summed E-state index contributed by atoms with van der Waals surface area (Å²) in [6.07, 6.45) is 3.29. The summed E-state index contributed by atoms with van der Waals surface area (Å²) in [5.41, 5.74) is 2.34. The molecule has 0 aliphatic carbocycles. The molecule has 0 bridgehead atoms. The predicted molar refractivity (Wildman–Crippen MR) is 145 cm³/mol. The van der Waals surface area contributed by atoms with Crippen molar-refractivity contribution in [1.29, 1.82) is 0 Å². The lowest BCUT2D eigenvalue weighted by molar-refractivity contribution is -0.140. The van der Waals surface area contributed by atoms with Gasteiger partial charge in [-0.3, -0.25) is 13.9 Å². The number of unbranched alkanes of at least 4 members (excludes halogenated alkanes) is 1. The molecule has 0 heterocycles. The van der Waals surface area contributed by atoms with Gasteiger partial charge >= 0.3 is 0 Å². The highest BCUT2D eigenvalue weighted by molar-refractivity contribution is 14.1. The van der Waals surface area contributed by atoms with Gasteiger partial charge in [0.25, 0.3) is 0 Å². The summed E-state index contributed by atoms with van der Waals surface area (Å²) in [5, 5.41) is 2.92. The Kier molecular flexibility index (Phi) is 10.8. The van der Waals surface area contributed by atoms with E-state index in [1.165, 1.54) is 4.90 Å². The smallest absolute Gasteiger partial charge is 0.244 e. The van der Waals surface area contributed by atoms with Crippen LogP contribution in [-0.2, 0) is 26.2 Å². The van der Waals surface area contributed by atoms with E-state index in [2.05, 4.69) is 27.9 Å². The second kappa shape index (κ2) is 13.1. The Balaban J connectivity index is 2.39. The molecule has 34 heavy (non-hydrogen) atoms. The van der Waals surface area contributed by atoms with Crippen LogP contribution in [0.2, 0.25) is 0 Å². The van der Waals surface area contributed by atoms with E-state index in [1.54, 1.807) is 24.3 Å².